The molecule has 0 bridgehead atoms. The van der Waals surface area contributed by atoms with E-state index in [-0.39, 0.29) is 0 Å². The number of rotatable bonds is 5. The lowest BCUT2D eigenvalue weighted by atomic mass is 10.3. The molecule has 2 rings (SSSR count). The van der Waals surface area contributed by atoms with Crippen molar-refractivity contribution in [3.8, 4) is 5.88 Å². The summed E-state index contributed by atoms with van der Waals surface area (Å²) in [4.78, 5) is 7.45. The van der Waals surface area contributed by atoms with Crippen molar-refractivity contribution < 1.29 is 4.74 Å². The molecular weight excluding hydrogens is 362 g/mol. The molecule has 1 aromatic heterocycles. The first-order chi connectivity index (χ1) is 9.51. The van der Waals surface area contributed by atoms with Gasteiger partial charge in [0, 0.05) is 29.3 Å². The summed E-state index contributed by atoms with van der Waals surface area (Å²) in [7, 11) is 5.56. The summed E-state index contributed by atoms with van der Waals surface area (Å²) in [5.74, 6) is 0.663. The molecule has 0 aliphatic heterocycles. The van der Waals surface area contributed by atoms with E-state index in [1.807, 2.05) is 37.2 Å². The third-order valence-corrected chi connectivity index (χ3v) is 4.69. The Morgan fingerprint density at radius 3 is 2.80 bits per heavy atom. The summed E-state index contributed by atoms with van der Waals surface area (Å²) in [5, 5.41) is 4.98. The maximum atomic E-state index is 5.93. The summed E-state index contributed by atoms with van der Waals surface area (Å²) in [6.45, 7) is 0.648. The van der Waals surface area contributed by atoms with Crippen molar-refractivity contribution in [3.05, 3.63) is 32.6 Å². The van der Waals surface area contributed by atoms with E-state index >= 15 is 0 Å². The molecule has 0 fully saturated rings. The molecular formula is C13H15BrClN3OS. The van der Waals surface area contributed by atoms with Gasteiger partial charge in [0.15, 0.2) is 5.13 Å². The van der Waals surface area contributed by atoms with Gasteiger partial charge in [0.25, 0.3) is 0 Å². The summed E-state index contributed by atoms with van der Waals surface area (Å²) < 4.78 is 6.25. The largest absolute Gasteiger partial charge is 0.480 e. The van der Waals surface area contributed by atoms with Crippen molar-refractivity contribution >= 4 is 49.7 Å². The molecule has 1 N–H and O–H groups in total. The van der Waals surface area contributed by atoms with E-state index in [4.69, 9.17) is 16.3 Å². The smallest absolute Gasteiger partial charge is 0.231 e. The van der Waals surface area contributed by atoms with E-state index in [1.54, 1.807) is 18.4 Å². The van der Waals surface area contributed by atoms with Gasteiger partial charge in [-0.25, -0.2) is 0 Å². The Kier molecular flexibility index (Phi) is 5.12. The van der Waals surface area contributed by atoms with Crippen LogP contribution in [0.15, 0.2) is 22.7 Å². The quantitative estimate of drug-likeness (QED) is 0.846. The topological polar surface area (TPSA) is 37.4 Å². The summed E-state index contributed by atoms with van der Waals surface area (Å²) in [5.41, 5.74) is 0.983. The third kappa shape index (κ3) is 3.56. The van der Waals surface area contributed by atoms with Crippen LogP contribution < -0.4 is 15.0 Å². The Morgan fingerprint density at radius 2 is 2.20 bits per heavy atom. The molecule has 20 heavy (non-hydrogen) atoms. The van der Waals surface area contributed by atoms with Crippen molar-refractivity contribution in [2.45, 2.75) is 6.54 Å². The minimum Gasteiger partial charge on any atom is -0.480 e. The molecule has 0 amide bonds. The molecule has 0 radical (unpaired) electrons. The monoisotopic (exact) mass is 375 g/mol. The number of hydrogen-bond acceptors (Lipinski definition) is 5. The average molecular weight is 377 g/mol. The highest BCUT2D eigenvalue weighted by molar-refractivity contribution is 9.10. The van der Waals surface area contributed by atoms with Gasteiger partial charge in [-0.1, -0.05) is 22.9 Å². The molecule has 0 aliphatic rings. The van der Waals surface area contributed by atoms with Crippen molar-refractivity contribution in [2.75, 3.05) is 31.4 Å². The standard InChI is InChI=1S/C13H15BrClN3OS/c1-18(2)13-17-12(19-3)11(20-13)7-16-10-5-4-8(15)6-9(10)14/h4-6,16H,7H2,1-3H3. The van der Waals surface area contributed by atoms with Crippen LogP contribution in [0.4, 0.5) is 10.8 Å². The number of nitrogens with zero attached hydrogens (tertiary/aromatic N) is 2. The average Bonchev–Trinajstić information content (AvgIpc) is 2.81. The van der Waals surface area contributed by atoms with E-state index in [2.05, 4.69) is 26.2 Å². The zero-order chi connectivity index (χ0) is 14.7. The number of thiazole rings is 1. The molecule has 108 valence electrons. The lowest BCUT2D eigenvalue weighted by molar-refractivity contribution is 0.397. The number of hydrogen-bond donors (Lipinski definition) is 1. The highest BCUT2D eigenvalue weighted by Gasteiger charge is 2.13. The Bertz CT molecular complexity index is 603. The number of aromatic nitrogens is 1. The van der Waals surface area contributed by atoms with Gasteiger partial charge in [-0.15, -0.1) is 0 Å². The van der Waals surface area contributed by atoms with Gasteiger partial charge < -0.3 is 15.0 Å². The molecule has 0 spiro atoms. The second-order valence-electron chi connectivity index (χ2n) is 4.30. The number of anilines is 2. The second kappa shape index (κ2) is 6.65. The molecule has 4 nitrogen and oxygen atoms in total. The lowest BCUT2D eigenvalue weighted by Crippen LogP contribution is -2.07. The van der Waals surface area contributed by atoms with Crippen LogP contribution >= 0.6 is 38.9 Å². The van der Waals surface area contributed by atoms with Crippen LogP contribution in [-0.4, -0.2) is 26.2 Å². The minimum atomic E-state index is 0.648. The molecule has 1 aromatic carbocycles. The maximum absolute atomic E-state index is 5.93. The molecule has 7 heteroatoms. The number of nitrogens with one attached hydrogen (secondary N) is 1. The van der Waals surface area contributed by atoms with Crippen LogP contribution in [0.2, 0.25) is 5.02 Å². The Hall–Kier alpha value is -0.980. The molecule has 2 aromatic rings. The minimum absolute atomic E-state index is 0.648. The van der Waals surface area contributed by atoms with Gasteiger partial charge in [-0.05, 0) is 34.1 Å². The highest BCUT2D eigenvalue weighted by Crippen LogP contribution is 2.32. The van der Waals surface area contributed by atoms with Crippen LogP contribution in [-0.2, 0) is 6.54 Å². The fourth-order valence-corrected chi connectivity index (χ4v) is 3.31. The van der Waals surface area contributed by atoms with Crippen LogP contribution in [0, 0.1) is 0 Å². The van der Waals surface area contributed by atoms with Crippen molar-refractivity contribution in [1.82, 2.24) is 4.98 Å². The third-order valence-electron chi connectivity index (χ3n) is 2.60. The number of methoxy groups -OCH3 is 1. The van der Waals surface area contributed by atoms with Crippen LogP contribution in [0.3, 0.4) is 0 Å². The summed E-state index contributed by atoms with van der Waals surface area (Å²) in [6, 6.07) is 5.65. The molecule has 0 aliphatic carbocycles. The fraction of sp³-hybridized carbons (Fsp3) is 0.308. The van der Waals surface area contributed by atoms with Crippen LogP contribution in [0.1, 0.15) is 4.88 Å². The summed E-state index contributed by atoms with van der Waals surface area (Å²) >= 11 is 11.0. The van der Waals surface area contributed by atoms with Crippen LogP contribution in [0.25, 0.3) is 0 Å². The zero-order valence-electron chi connectivity index (χ0n) is 11.4. The molecule has 0 saturated heterocycles. The normalized spacial score (nSPS) is 10.4. The van der Waals surface area contributed by atoms with Gasteiger partial charge in [0.2, 0.25) is 5.88 Å². The SMILES string of the molecule is COc1nc(N(C)C)sc1CNc1ccc(Cl)cc1Br. The Labute approximate surface area is 135 Å². The maximum Gasteiger partial charge on any atom is 0.231 e. The van der Waals surface area contributed by atoms with Gasteiger partial charge in [0.1, 0.15) is 0 Å². The van der Waals surface area contributed by atoms with Gasteiger partial charge in [-0.2, -0.15) is 4.98 Å². The van der Waals surface area contributed by atoms with E-state index < -0.39 is 0 Å². The Morgan fingerprint density at radius 1 is 1.45 bits per heavy atom. The summed E-state index contributed by atoms with van der Waals surface area (Å²) in [6.07, 6.45) is 0. The van der Waals surface area contributed by atoms with E-state index in [1.165, 1.54) is 0 Å². The number of benzene rings is 1. The van der Waals surface area contributed by atoms with E-state index in [0.717, 1.165) is 20.2 Å². The number of halogens is 2. The zero-order valence-corrected chi connectivity index (χ0v) is 14.6. The lowest BCUT2D eigenvalue weighted by Gasteiger charge is -2.08. The van der Waals surface area contributed by atoms with Gasteiger partial charge in [-0.3, -0.25) is 0 Å². The predicted octanol–water partition coefficient (Wildman–Crippen LogP) is 4.25. The fourth-order valence-electron chi connectivity index (χ4n) is 1.60. The molecule has 1 heterocycles. The first-order valence-electron chi connectivity index (χ1n) is 5.91. The second-order valence-corrected chi connectivity index (χ2v) is 6.65. The first kappa shape index (κ1) is 15.4. The van der Waals surface area contributed by atoms with Gasteiger partial charge >= 0.3 is 0 Å². The number of ether oxygens (including phenoxy) is 1. The molecule has 0 unspecified atom stereocenters. The van der Waals surface area contributed by atoms with E-state index in [0.29, 0.717) is 17.4 Å². The van der Waals surface area contributed by atoms with Crippen LogP contribution in [0.5, 0.6) is 5.88 Å². The molecule has 0 atom stereocenters. The van der Waals surface area contributed by atoms with Crippen molar-refractivity contribution in [2.24, 2.45) is 0 Å². The molecule has 0 saturated carbocycles. The van der Waals surface area contributed by atoms with Crippen molar-refractivity contribution in [1.29, 1.82) is 0 Å². The Balaban J connectivity index is 2.14. The highest BCUT2D eigenvalue weighted by atomic mass is 79.9. The predicted molar refractivity (Wildman–Crippen MR) is 89.5 cm³/mol. The first-order valence-corrected chi connectivity index (χ1v) is 7.90. The van der Waals surface area contributed by atoms with E-state index in [9.17, 15) is 0 Å². The van der Waals surface area contributed by atoms with Crippen molar-refractivity contribution in [3.63, 3.8) is 0 Å². The van der Waals surface area contributed by atoms with Gasteiger partial charge in [0.05, 0.1) is 18.5 Å².